The average Bonchev–Trinajstić information content (AvgIpc) is 3.01. The number of para-hydroxylation sites is 1. The van der Waals surface area contributed by atoms with E-state index < -0.39 is 24.5 Å². The van der Waals surface area contributed by atoms with Gasteiger partial charge in [-0.25, -0.2) is 9.78 Å². The quantitative estimate of drug-likeness (QED) is 0.527. The zero-order valence-electron chi connectivity index (χ0n) is 14.6. The van der Waals surface area contributed by atoms with Crippen molar-refractivity contribution in [1.29, 1.82) is 0 Å². The van der Waals surface area contributed by atoms with Crippen molar-refractivity contribution >= 4 is 51.2 Å². The number of urea groups is 1. The van der Waals surface area contributed by atoms with Gasteiger partial charge in [0.15, 0.2) is 10.9 Å². The molecule has 0 atom stereocenters. The van der Waals surface area contributed by atoms with E-state index in [1.807, 2.05) is 38.1 Å². The first kappa shape index (κ1) is 20.2. The summed E-state index contributed by atoms with van der Waals surface area (Å²) in [5.41, 5.74) is 0.940. The van der Waals surface area contributed by atoms with Gasteiger partial charge in [-0.1, -0.05) is 37.7 Å². The molecule has 7 nitrogen and oxygen atoms in total. The molecule has 0 spiro atoms. The first-order chi connectivity index (χ1) is 12.4. The number of fused-ring (bicyclic) bond motifs is 1. The Morgan fingerprint density at radius 3 is 2.77 bits per heavy atom. The summed E-state index contributed by atoms with van der Waals surface area (Å²) in [6.45, 7) is 3.87. The lowest BCUT2D eigenvalue weighted by Crippen LogP contribution is -2.42. The first-order valence-corrected chi connectivity index (χ1v) is 9.96. The monoisotopic (exact) mass is 395 g/mol. The summed E-state index contributed by atoms with van der Waals surface area (Å²) in [4.78, 5) is 39.1. The topological polar surface area (TPSA) is 97.4 Å². The third-order valence-corrected chi connectivity index (χ3v) is 5.28. The lowest BCUT2D eigenvalue weighted by Gasteiger charge is -2.08. The van der Waals surface area contributed by atoms with Crippen molar-refractivity contribution in [2.45, 2.75) is 24.6 Å². The number of carbonyl (C=O) groups is 3. The van der Waals surface area contributed by atoms with E-state index in [4.69, 9.17) is 4.74 Å². The standard InChI is InChI=1S/C17H21N3O4S2/c1-11(2)9-18-16(23)20-14(21)10-24-15(22)7-8-25-17-19-12-5-3-4-6-13(12)26-17/h3-6,11H,7-10H2,1-2H3,(H2,18,20,21,23). The Kier molecular flexibility index (Phi) is 7.86. The minimum absolute atomic E-state index is 0.160. The number of ether oxygens (including phenoxy) is 1. The Morgan fingerprint density at radius 2 is 2.04 bits per heavy atom. The molecule has 0 aliphatic rings. The lowest BCUT2D eigenvalue weighted by atomic mass is 10.2. The molecular weight excluding hydrogens is 374 g/mol. The van der Waals surface area contributed by atoms with E-state index in [-0.39, 0.29) is 12.3 Å². The Morgan fingerprint density at radius 1 is 1.27 bits per heavy atom. The fourth-order valence-corrected chi connectivity index (χ4v) is 3.91. The first-order valence-electron chi connectivity index (χ1n) is 8.15. The number of aromatic nitrogens is 1. The molecule has 2 N–H and O–H groups in total. The Hall–Kier alpha value is -2.13. The van der Waals surface area contributed by atoms with Gasteiger partial charge in [0.1, 0.15) is 0 Å². The largest absolute Gasteiger partial charge is 0.456 e. The molecule has 1 aromatic carbocycles. The van der Waals surface area contributed by atoms with Crippen molar-refractivity contribution in [3.8, 4) is 0 Å². The third kappa shape index (κ3) is 7.01. The van der Waals surface area contributed by atoms with Crippen LogP contribution in [-0.4, -0.2) is 41.8 Å². The van der Waals surface area contributed by atoms with Gasteiger partial charge >= 0.3 is 12.0 Å². The molecule has 1 heterocycles. The summed E-state index contributed by atoms with van der Waals surface area (Å²) in [5.74, 6) is -0.355. The maximum atomic E-state index is 11.7. The van der Waals surface area contributed by atoms with E-state index in [9.17, 15) is 14.4 Å². The highest BCUT2D eigenvalue weighted by molar-refractivity contribution is 8.01. The Bertz CT molecular complexity index is 743. The van der Waals surface area contributed by atoms with Crippen molar-refractivity contribution in [3.63, 3.8) is 0 Å². The Labute approximate surface area is 159 Å². The molecule has 2 rings (SSSR count). The summed E-state index contributed by atoms with van der Waals surface area (Å²) in [6.07, 6.45) is 0.160. The number of carbonyl (C=O) groups excluding carboxylic acids is 3. The second kappa shape index (κ2) is 10.1. The number of benzene rings is 1. The fraction of sp³-hybridized carbons (Fsp3) is 0.412. The van der Waals surface area contributed by atoms with Gasteiger partial charge in [-0.3, -0.25) is 14.9 Å². The molecule has 9 heteroatoms. The van der Waals surface area contributed by atoms with Crippen molar-refractivity contribution in [3.05, 3.63) is 24.3 Å². The van der Waals surface area contributed by atoms with Crippen LogP contribution in [0.2, 0.25) is 0 Å². The predicted molar refractivity (Wildman–Crippen MR) is 102 cm³/mol. The van der Waals surface area contributed by atoms with E-state index in [0.717, 1.165) is 14.6 Å². The normalized spacial score (nSPS) is 10.7. The number of esters is 1. The number of nitrogens with zero attached hydrogens (tertiary/aromatic N) is 1. The molecule has 0 aliphatic carbocycles. The zero-order chi connectivity index (χ0) is 18.9. The number of rotatable bonds is 8. The van der Waals surface area contributed by atoms with Crippen LogP contribution in [0, 0.1) is 5.92 Å². The average molecular weight is 396 g/mol. The molecule has 140 valence electrons. The van der Waals surface area contributed by atoms with Crippen molar-refractivity contribution in [2.24, 2.45) is 5.92 Å². The highest BCUT2D eigenvalue weighted by Crippen LogP contribution is 2.29. The molecule has 3 amide bonds. The van der Waals surface area contributed by atoms with Crippen LogP contribution in [0.1, 0.15) is 20.3 Å². The van der Waals surface area contributed by atoms with Gasteiger partial charge in [0.25, 0.3) is 5.91 Å². The van der Waals surface area contributed by atoms with Crippen LogP contribution in [0.15, 0.2) is 28.6 Å². The van der Waals surface area contributed by atoms with Crippen LogP contribution in [0.4, 0.5) is 4.79 Å². The fourth-order valence-electron chi connectivity index (χ4n) is 1.86. The zero-order valence-corrected chi connectivity index (χ0v) is 16.2. The van der Waals surface area contributed by atoms with Gasteiger partial charge in [0, 0.05) is 12.3 Å². The SMILES string of the molecule is CC(C)CNC(=O)NC(=O)COC(=O)CCSc1nc2ccccc2s1. The van der Waals surface area contributed by atoms with Crippen LogP contribution in [-0.2, 0) is 14.3 Å². The summed E-state index contributed by atoms with van der Waals surface area (Å²) in [6, 6.07) is 7.25. The van der Waals surface area contributed by atoms with Crippen molar-refractivity contribution in [1.82, 2.24) is 15.6 Å². The maximum Gasteiger partial charge on any atom is 0.321 e. The van der Waals surface area contributed by atoms with Crippen molar-refractivity contribution in [2.75, 3.05) is 18.9 Å². The van der Waals surface area contributed by atoms with Gasteiger partial charge in [0.2, 0.25) is 0 Å². The lowest BCUT2D eigenvalue weighted by molar-refractivity contribution is -0.147. The molecule has 0 unspecified atom stereocenters. The smallest absolute Gasteiger partial charge is 0.321 e. The van der Waals surface area contributed by atoms with Gasteiger partial charge < -0.3 is 10.1 Å². The molecule has 2 aromatic rings. The summed E-state index contributed by atoms with van der Waals surface area (Å²) >= 11 is 3.04. The maximum absolute atomic E-state index is 11.7. The number of hydrogen-bond acceptors (Lipinski definition) is 7. The van der Waals surface area contributed by atoms with E-state index in [2.05, 4.69) is 15.6 Å². The number of hydrogen-bond donors (Lipinski definition) is 2. The van der Waals surface area contributed by atoms with E-state index in [0.29, 0.717) is 12.3 Å². The van der Waals surface area contributed by atoms with Gasteiger partial charge in [0.05, 0.1) is 16.6 Å². The molecular formula is C17H21N3O4S2. The van der Waals surface area contributed by atoms with E-state index in [1.54, 1.807) is 11.3 Å². The van der Waals surface area contributed by atoms with Crippen molar-refractivity contribution < 1.29 is 19.1 Å². The summed E-state index contributed by atoms with van der Waals surface area (Å²) < 4.78 is 6.86. The van der Waals surface area contributed by atoms with Crippen LogP contribution in [0.5, 0.6) is 0 Å². The molecule has 0 radical (unpaired) electrons. The Balaban J connectivity index is 1.62. The molecule has 0 saturated heterocycles. The number of amides is 3. The molecule has 0 bridgehead atoms. The second-order valence-electron chi connectivity index (χ2n) is 5.86. The molecule has 0 fully saturated rings. The third-order valence-electron chi connectivity index (χ3n) is 3.09. The number of thioether (sulfide) groups is 1. The van der Waals surface area contributed by atoms with Crippen LogP contribution in [0.3, 0.4) is 0 Å². The highest BCUT2D eigenvalue weighted by Gasteiger charge is 2.12. The van der Waals surface area contributed by atoms with Gasteiger partial charge in [-0.2, -0.15) is 0 Å². The van der Waals surface area contributed by atoms with E-state index in [1.165, 1.54) is 11.8 Å². The minimum Gasteiger partial charge on any atom is -0.456 e. The number of nitrogens with one attached hydrogen (secondary N) is 2. The summed E-state index contributed by atoms with van der Waals surface area (Å²) in [7, 11) is 0. The number of thiazole rings is 1. The summed E-state index contributed by atoms with van der Waals surface area (Å²) in [5, 5.41) is 4.65. The molecule has 26 heavy (non-hydrogen) atoms. The minimum atomic E-state index is -0.654. The van der Waals surface area contributed by atoms with Gasteiger partial charge in [-0.05, 0) is 18.1 Å². The van der Waals surface area contributed by atoms with E-state index >= 15 is 0 Å². The predicted octanol–water partition coefficient (Wildman–Crippen LogP) is 2.80. The molecule has 0 saturated carbocycles. The van der Waals surface area contributed by atoms with Crippen LogP contribution >= 0.6 is 23.1 Å². The molecule has 1 aromatic heterocycles. The highest BCUT2D eigenvalue weighted by atomic mass is 32.2. The van der Waals surface area contributed by atoms with Crippen LogP contribution < -0.4 is 10.6 Å². The van der Waals surface area contributed by atoms with Gasteiger partial charge in [-0.15, -0.1) is 11.3 Å². The van der Waals surface area contributed by atoms with Crippen LogP contribution in [0.25, 0.3) is 10.2 Å². The number of imide groups is 1. The molecule has 0 aliphatic heterocycles. The second-order valence-corrected chi connectivity index (χ2v) is 8.23.